The summed E-state index contributed by atoms with van der Waals surface area (Å²) in [5.41, 5.74) is 1.69. The summed E-state index contributed by atoms with van der Waals surface area (Å²) in [6.07, 6.45) is -0.693. The van der Waals surface area contributed by atoms with Gasteiger partial charge < -0.3 is 14.6 Å². The fraction of sp³-hybridized carbons (Fsp3) is 0.152. The monoisotopic (exact) mass is 699 g/mol. The van der Waals surface area contributed by atoms with Gasteiger partial charge in [0.2, 0.25) is 10.3 Å². The quantitative estimate of drug-likeness (QED) is 0.207. The topological polar surface area (TPSA) is 157 Å². The number of esters is 2. The number of nitrogens with one attached hydrogen (secondary N) is 1. The second-order valence-corrected chi connectivity index (χ2v) is 13.1. The molecule has 0 bridgehead atoms. The molecule has 0 fully saturated rings. The van der Waals surface area contributed by atoms with Crippen molar-refractivity contribution in [2.45, 2.75) is 18.8 Å². The highest BCUT2D eigenvalue weighted by Crippen LogP contribution is 2.41. The first-order valence-corrected chi connectivity index (χ1v) is 16.5. The molecule has 1 unspecified atom stereocenters. The van der Waals surface area contributed by atoms with Gasteiger partial charge >= 0.3 is 11.9 Å². The Hall–Kier alpha value is -5.31. The minimum absolute atomic E-state index is 0.0423. The van der Waals surface area contributed by atoms with E-state index in [-0.39, 0.29) is 40.5 Å². The van der Waals surface area contributed by atoms with Gasteiger partial charge in [0.25, 0.3) is 5.56 Å². The minimum atomic E-state index is -1.11. The summed E-state index contributed by atoms with van der Waals surface area (Å²) in [5.74, 6) is -2.97. The normalized spacial score (nSPS) is 12.1. The SMILES string of the molecule is COC(=O)Cc1nn(-c2nc3ccccc3s2)c([O-])c1C(c1ccc(Cl)cc1)c1c(CC(=O)OC)[nH]n(-c2nc3ccccc3s2)c1=O. The van der Waals surface area contributed by atoms with Crippen molar-refractivity contribution in [1.29, 1.82) is 0 Å². The van der Waals surface area contributed by atoms with Gasteiger partial charge in [-0.05, 0) is 53.4 Å². The van der Waals surface area contributed by atoms with Crippen LogP contribution in [0.4, 0.5) is 0 Å². The van der Waals surface area contributed by atoms with Crippen molar-refractivity contribution < 1.29 is 24.2 Å². The number of H-pyrrole nitrogens is 1. The fourth-order valence-corrected chi connectivity index (χ4v) is 7.50. The van der Waals surface area contributed by atoms with Crippen LogP contribution in [0, 0.1) is 0 Å². The van der Waals surface area contributed by atoms with Gasteiger partial charge in [-0.1, -0.05) is 70.7 Å². The number of hydrogen-bond acceptors (Lipinski definition) is 11. The maximum absolute atomic E-state index is 14.6. The molecule has 7 rings (SSSR count). The number of aromatic amines is 1. The van der Waals surface area contributed by atoms with Crippen molar-refractivity contribution in [1.82, 2.24) is 29.5 Å². The maximum atomic E-state index is 14.6. The lowest BCUT2D eigenvalue weighted by molar-refractivity contribution is -0.278. The molecule has 0 aliphatic heterocycles. The predicted octanol–water partition coefficient (Wildman–Crippen LogP) is 4.91. The number of rotatable bonds is 9. The van der Waals surface area contributed by atoms with Crippen LogP contribution < -0.4 is 10.7 Å². The molecule has 7 aromatic rings. The molecule has 4 heterocycles. The van der Waals surface area contributed by atoms with Crippen LogP contribution in [-0.4, -0.2) is 55.7 Å². The number of nitrogens with zero attached hydrogens (tertiary/aromatic N) is 5. The van der Waals surface area contributed by atoms with E-state index in [0.29, 0.717) is 26.8 Å². The number of methoxy groups -OCH3 is 2. The second kappa shape index (κ2) is 12.7. The first-order valence-electron chi connectivity index (χ1n) is 14.5. The van der Waals surface area contributed by atoms with E-state index in [4.69, 9.17) is 21.1 Å². The lowest BCUT2D eigenvalue weighted by Gasteiger charge is -2.22. The smallest absolute Gasteiger partial charge is 0.311 e. The van der Waals surface area contributed by atoms with E-state index in [2.05, 4.69) is 20.2 Å². The molecule has 0 saturated carbocycles. The highest BCUT2D eigenvalue weighted by atomic mass is 35.5. The zero-order valence-corrected chi connectivity index (χ0v) is 27.7. The molecule has 0 aliphatic rings. The Balaban J connectivity index is 1.51. The molecular weight excluding hydrogens is 676 g/mol. The number of carbonyl (C=O) groups excluding carboxylic acids is 2. The molecular formula is C33H24ClN6O6S2-. The molecule has 0 radical (unpaired) electrons. The van der Waals surface area contributed by atoms with Crippen LogP contribution in [0.5, 0.6) is 5.88 Å². The third-order valence-corrected chi connectivity index (χ3v) is 10.1. The van der Waals surface area contributed by atoms with Gasteiger partial charge in [0.15, 0.2) is 0 Å². The van der Waals surface area contributed by atoms with E-state index in [9.17, 15) is 19.5 Å². The van der Waals surface area contributed by atoms with Crippen LogP contribution in [-0.2, 0) is 31.9 Å². The summed E-state index contributed by atoms with van der Waals surface area (Å²) >= 11 is 8.80. The van der Waals surface area contributed by atoms with Gasteiger partial charge in [0.05, 0.1) is 64.4 Å². The van der Waals surface area contributed by atoms with Crippen molar-refractivity contribution in [2.24, 2.45) is 0 Å². The van der Waals surface area contributed by atoms with Crippen molar-refractivity contribution in [2.75, 3.05) is 14.2 Å². The highest BCUT2D eigenvalue weighted by molar-refractivity contribution is 7.21. The summed E-state index contributed by atoms with van der Waals surface area (Å²) in [7, 11) is 2.48. The predicted molar refractivity (Wildman–Crippen MR) is 180 cm³/mol. The highest BCUT2D eigenvalue weighted by Gasteiger charge is 2.33. The van der Waals surface area contributed by atoms with Crippen LogP contribution in [0.15, 0.2) is 77.6 Å². The van der Waals surface area contributed by atoms with Crippen molar-refractivity contribution in [3.63, 3.8) is 0 Å². The summed E-state index contributed by atoms with van der Waals surface area (Å²) in [5, 5.41) is 23.2. The van der Waals surface area contributed by atoms with E-state index in [1.807, 2.05) is 48.5 Å². The third kappa shape index (κ3) is 5.63. The zero-order chi connectivity index (χ0) is 33.5. The summed E-state index contributed by atoms with van der Waals surface area (Å²) in [6.45, 7) is 0. The minimum Gasteiger partial charge on any atom is -0.858 e. The van der Waals surface area contributed by atoms with Crippen molar-refractivity contribution in [3.05, 3.63) is 116 Å². The molecule has 15 heteroatoms. The largest absolute Gasteiger partial charge is 0.858 e. The lowest BCUT2D eigenvalue weighted by atomic mass is 9.84. The Kier molecular flexibility index (Phi) is 8.29. The molecule has 1 atom stereocenters. The molecule has 0 saturated heterocycles. The van der Waals surface area contributed by atoms with Gasteiger partial charge in [-0.2, -0.15) is 9.78 Å². The Morgan fingerprint density at radius 3 is 2.06 bits per heavy atom. The molecule has 0 amide bonds. The second-order valence-electron chi connectivity index (χ2n) is 10.6. The Labute approximate surface area is 284 Å². The van der Waals surface area contributed by atoms with E-state index in [0.717, 1.165) is 14.1 Å². The first kappa shape index (κ1) is 31.3. The van der Waals surface area contributed by atoms with Gasteiger partial charge in [0, 0.05) is 10.9 Å². The fourth-order valence-electron chi connectivity index (χ4n) is 5.54. The van der Waals surface area contributed by atoms with Crippen molar-refractivity contribution in [3.8, 4) is 16.1 Å². The standard InChI is InChI=1S/C33H25ClN6O6S2/c1-45-25(41)15-21-28(30(43)39(37-21)32-35-19-7-3-5-9-23(19)47-32)27(17-11-13-18(34)14-12-17)29-22(16-26(42)46-2)38-40(31(29)44)33-36-20-8-4-6-10-24(20)48-33/h3-14,27,37,44H,15-16H2,1-2H3/p-1. The Morgan fingerprint density at radius 1 is 0.854 bits per heavy atom. The Bertz CT molecular complexity index is 2320. The maximum Gasteiger partial charge on any atom is 0.311 e. The number of thiazole rings is 2. The van der Waals surface area contributed by atoms with Gasteiger partial charge in [-0.3, -0.25) is 19.5 Å². The molecule has 4 aromatic heterocycles. The molecule has 48 heavy (non-hydrogen) atoms. The number of hydrogen-bond donors (Lipinski definition) is 1. The van der Waals surface area contributed by atoms with E-state index >= 15 is 0 Å². The summed E-state index contributed by atoms with van der Waals surface area (Å²) in [6, 6.07) is 21.4. The lowest BCUT2D eigenvalue weighted by Crippen LogP contribution is -2.22. The summed E-state index contributed by atoms with van der Waals surface area (Å²) < 4.78 is 14.0. The van der Waals surface area contributed by atoms with Gasteiger partial charge in [-0.25, -0.2) is 14.6 Å². The number of carbonyl (C=O) groups is 2. The number of para-hydroxylation sites is 2. The molecule has 1 N–H and O–H groups in total. The average molecular weight is 700 g/mol. The molecule has 3 aromatic carbocycles. The number of halogens is 1. The Morgan fingerprint density at radius 2 is 1.44 bits per heavy atom. The molecule has 12 nitrogen and oxygen atoms in total. The number of benzene rings is 3. The number of fused-ring (bicyclic) bond motifs is 2. The third-order valence-electron chi connectivity index (χ3n) is 7.77. The van der Waals surface area contributed by atoms with Crippen LogP contribution in [0.25, 0.3) is 30.7 Å². The van der Waals surface area contributed by atoms with Crippen LogP contribution in [0.1, 0.15) is 34.0 Å². The van der Waals surface area contributed by atoms with E-state index in [1.165, 1.54) is 41.6 Å². The van der Waals surface area contributed by atoms with Crippen molar-refractivity contribution >= 4 is 66.6 Å². The van der Waals surface area contributed by atoms with E-state index < -0.39 is 29.3 Å². The summed E-state index contributed by atoms with van der Waals surface area (Å²) in [4.78, 5) is 49.3. The first-order chi connectivity index (χ1) is 23.2. The van der Waals surface area contributed by atoms with E-state index in [1.54, 1.807) is 24.3 Å². The molecule has 0 spiro atoms. The van der Waals surface area contributed by atoms with Crippen LogP contribution >= 0.6 is 34.3 Å². The van der Waals surface area contributed by atoms with Crippen LogP contribution in [0.2, 0.25) is 5.02 Å². The van der Waals surface area contributed by atoms with Crippen LogP contribution in [0.3, 0.4) is 0 Å². The number of aromatic nitrogens is 6. The molecule has 0 aliphatic carbocycles. The van der Waals surface area contributed by atoms with Gasteiger partial charge in [-0.15, -0.1) is 0 Å². The molecule has 242 valence electrons. The average Bonchev–Trinajstić information content (AvgIpc) is 3.86. The van der Waals surface area contributed by atoms with Gasteiger partial charge in [0.1, 0.15) is 0 Å². The number of ether oxygens (including phenoxy) is 2. The zero-order valence-electron chi connectivity index (χ0n) is 25.3.